The van der Waals surface area contributed by atoms with Crippen molar-refractivity contribution in [2.75, 3.05) is 13.7 Å². The summed E-state index contributed by atoms with van der Waals surface area (Å²) in [7, 11) is 1.46. The molecule has 1 aliphatic heterocycles. The van der Waals surface area contributed by atoms with Gasteiger partial charge < -0.3 is 14.9 Å². The van der Waals surface area contributed by atoms with Crippen molar-refractivity contribution in [3.8, 4) is 11.5 Å². The number of aromatic hydroxyl groups is 1. The van der Waals surface area contributed by atoms with E-state index in [0.29, 0.717) is 18.4 Å². The Morgan fingerprint density at radius 2 is 2.29 bits per heavy atom. The third kappa shape index (κ3) is 3.36. The van der Waals surface area contributed by atoms with Crippen LogP contribution in [-0.2, 0) is 0 Å². The zero-order valence-corrected chi connectivity index (χ0v) is 12.6. The van der Waals surface area contributed by atoms with Crippen molar-refractivity contribution in [1.29, 1.82) is 0 Å². The van der Waals surface area contributed by atoms with Crippen LogP contribution < -0.4 is 4.74 Å². The van der Waals surface area contributed by atoms with Crippen molar-refractivity contribution in [3.63, 3.8) is 0 Å². The molecule has 2 rings (SSSR count). The number of methoxy groups -OCH3 is 1. The van der Waals surface area contributed by atoms with Crippen LogP contribution in [0.3, 0.4) is 0 Å². The van der Waals surface area contributed by atoms with Crippen molar-refractivity contribution in [2.45, 2.75) is 44.9 Å². The van der Waals surface area contributed by atoms with E-state index in [1.165, 1.54) is 13.2 Å². The molecule has 1 aliphatic rings. The minimum absolute atomic E-state index is 0.0160. The largest absolute Gasteiger partial charge is 0.504 e. The summed E-state index contributed by atoms with van der Waals surface area (Å²) >= 11 is 0. The third-order valence-electron chi connectivity index (χ3n) is 3.99. The lowest BCUT2D eigenvalue weighted by Crippen LogP contribution is -2.44. The number of aliphatic hydroxyl groups is 1. The third-order valence-corrected chi connectivity index (χ3v) is 3.99. The number of Topliss-reactive ketones (excluding diaryl/α,β-unsaturated/α-hetero) is 1. The van der Waals surface area contributed by atoms with Gasteiger partial charge in [0.15, 0.2) is 17.3 Å². The number of hydrogen-bond donors (Lipinski definition) is 2. The molecule has 0 saturated carbocycles. The number of aliphatic hydroxyl groups excluding tert-OH is 1. The number of ketones is 1. The minimum atomic E-state index is -0.537. The fourth-order valence-electron chi connectivity index (χ4n) is 2.88. The number of phenols is 1. The molecule has 1 saturated heterocycles. The molecule has 0 aliphatic carbocycles. The topological polar surface area (TPSA) is 70.0 Å². The van der Waals surface area contributed by atoms with Crippen LogP contribution in [0.15, 0.2) is 18.2 Å². The average molecular weight is 293 g/mol. The first kappa shape index (κ1) is 15.8. The molecule has 0 radical (unpaired) electrons. The highest BCUT2D eigenvalue weighted by Gasteiger charge is 2.33. The predicted octanol–water partition coefficient (Wildman–Crippen LogP) is 2.17. The molecular weight excluding hydrogens is 270 g/mol. The second kappa shape index (κ2) is 6.91. The first-order valence-electron chi connectivity index (χ1n) is 7.43. The Morgan fingerprint density at radius 3 is 2.86 bits per heavy atom. The fourth-order valence-corrected chi connectivity index (χ4v) is 2.88. The van der Waals surface area contributed by atoms with Crippen LogP contribution in [0, 0.1) is 0 Å². The SMILES string of the molecule is CCCC(C(=O)c1ccc(O)c(OC)c1)N1CCCC1O. The molecular formula is C16H23NO4. The molecule has 0 bridgehead atoms. The van der Waals surface area contributed by atoms with E-state index in [2.05, 4.69) is 0 Å². The quantitative estimate of drug-likeness (QED) is 0.787. The molecule has 2 unspecified atom stereocenters. The van der Waals surface area contributed by atoms with Gasteiger partial charge in [0.1, 0.15) is 6.23 Å². The Morgan fingerprint density at radius 1 is 1.52 bits per heavy atom. The van der Waals surface area contributed by atoms with Gasteiger partial charge in [0, 0.05) is 12.1 Å². The molecule has 1 aromatic rings. The molecule has 1 aromatic carbocycles. The lowest BCUT2D eigenvalue weighted by molar-refractivity contribution is 0.00836. The average Bonchev–Trinajstić information content (AvgIpc) is 2.90. The highest BCUT2D eigenvalue weighted by atomic mass is 16.5. The lowest BCUT2D eigenvalue weighted by Gasteiger charge is -2.29. The van der Waals surface area contributed by atoms with E-state index < -0.39 is 6.23 Å². The van der Waals surface area contributed by atoms with E-state index in [4.69, 9.17) is 4.74 Å². The summed E-state index contributed by atoms with van der Waals surface area (Å²) in [6.45, 7) is 2.77. The first-order chi connectivity index (χ1) is 10.1. The molecule has 0 amide bonds. The van der Waals surface area contributed by atoms with Crippen LogP contribution in [0.4, 0.5) is 0 Å². The fraction of sp³-hybridized carbons (Fsp3) is 0.562. The van der Waals surface area contributed by atoms with Gasteiger partial charge in [-0.1, -0.05) is 13.3 Å². The molecule has 0 spiro atoms. The van der Waals surface area contributed by atoms with Gasteiger partial charge in [-0.25, -0.2) is 0 Å². The number of likely N-dealkylation sites (tertiary alicyclic amines) is 1. The monoisotopic (exact) mass is 293 g/mol. The number of carbonyl (C=O) groups excluding carboxylic acids is 1. The van der Waals surface area contributed by atoms with Crippen molar-refractivity contribution in [3.05, 3.63) is 23.8 Å². The maximum Gasteiger partial charge on any atom is 0.180 e. The van der Waals surface area contributed by atoms with E-state index in [1.54, 1.807) is 12.1 Å². The molecule has 116 valence electrons. The summed E-state index contributed by atoms with van der Waals surface area (Å²) < 4.78 is 5.06. The molecule has 2 N–H and O–H groups in total. The summed E-state index contributed by atoms with van der Waals surface area (Å²) in [4.78, 5) is 14.6. The van der Waals surface area contributed by atoms with Crippen LogP contribution in [0.25, 0.3) is 0 Å². The predicted molar refractivity (Wildman–Crippen MR) is 79.6 cm³/mol. The number of hydrogen-bond acceptors (Lipinski definition) is 5. The van der Waals surface area contributed by atoms with Crippen LogP contribution in [0.5, 0.6) is 11.5 Å². The second-order valence-electron chi connectivity index (χ2n) is 5.42. The Hall–Kier alpha value is -1.59. The van der Waals surface area contributed by atoms with Crippen molar-refractivity contribution >= 4 is 5.78 Å². The number of carbonyl (C=O) groups is 1. The first-order valence-corrected chi connectivity index (χ1v) is 7.43. The number of benzene rings is 1. The van der Waals surface area contributed by atoms with Crippen LogP contribution >= 0.6 is 0 Å². The zero-order valence-electron chi connectivity index (χ0n) is 12.6. The smallest absolute Gasteiger partial charge is 0.180 e. The summed E-state index contributed by atoms with van der Waals surface area (Å²) in [6, 6.07) is 4.31. The van der Waals surface area contributed by atoms with Crippen molar-refractivity contribution in [2.24, 2.45) is 0 Å². The Bertz CT molecular complexity index is 503. The van der Waals surface area contributed by atoms with Gasteiger partial charge in [0.25, 0.3) is 0 Å². The summed E-state index contributed by atoms with van der Waals surface area (Å²) in [5, 5.41) is 19.7. The highest BCUT2D eigenvalue weighted by molar-refractivity contribution is 6.00. The molecule has 0 aromatic heterocycles. The standard InChI is InChI=1S/C16H23NO4/c1-3-5-12(17-9-4-6-15(17)19)16(20)11-7-8-13(18)14(10-11)21-2/h7-8,10,12,15,18-19H,3-6,9H2,1-2H3. The zero-order chi connectivity index (χ0) is 15.4. The molecule has 2 atom stereocenters. The van der Waals surface area contributed by atoms with Gasteiger partial charge in [-0.2, -0.15) is 0 Å². The number of phenolic OH excluding ortho intramolecular Hbond substituents is 1. The Kier molecular flexibility index (Phi) is 5.20. The van der Waals surface area contributed by atoms with E-state index in [9.17, 15) is 15.0 Å². The normalized spacial score (nSPS) is 20.4. The van der Waals surface area contributed by atoms with E-state index in [-0.39, 0.29) is 23.3 Å². The lowest BCUT2D eigenvalue weighted by atomic mass is 9.98. The summed E-state index contributed by atoms with van der Waals surface area (Å²) in [5.41, 5.74) is 0.502. The van der Waals surface area contributed by atoms with Gasteiger partial charge >= 0.3 is 0 Å². The van der Waals surface area contributed by atoms with Crippen molar-refractivity contribution < 1.29 is 19.7 Å². The maximum absolute atomic E-state index is 12.8. The molecule has 1 fully saturated rings. The number of rotatable bonds is 6. The van der Waals surface area contributed by atoms with Gasteiger partial charge in [-0.15, -0.1) is 0 Å². The van der Waals surface area contributed by atoms with Crippen LogP contribution in [0.1, 0.15) is 43.0 Å². The van der Waals surface area contributed by atoms with E-state index in [1.807, 2.05) is 11.8 Å². The van der Waals surface area contributed by atoms with Crippen molar-refractivity contribution in [1.82, 2.24) is 4.90 Å². The van der Waals surface area contributed by atoms with Gasteiger partial charge in [0.2, 0.25) is 0 Å². The van der Waals surface area contributed by atoms with E-state index >= 15 is 0 Å². The molecule has 5 heteroatoms. The van der Waals surface area contributed by atoms with Crippen LogP contribution in [-0.4, -0.2) is 46.8 Å². The van der Waals surface area contributed by atoms with Gasteiger partial charge in [0.05, 0.1) is 13.2 Å². The van der Waals surface area contributed by atoms with Crippen LogP contribution in [0.2, 0.25) is 0 Å². The minimum Gasteiger partial charge on any atom is -0.504 e. The van der Waals surface area contributed by atoms with E-state index in [0.717, 1.165) is 19.4 Å². The Labute approximate surface area is 125 Å². The molecule has 5 nitrogen and oxygen atoms in total. The number of ether oxygens (including phenoxy) is 1. The second-order valence-corrected chi connectivity index (χ2v) is 5.42. The molecule has 1 heterocycles. The maximum atomic E-state index is 12.8. The Balaban J connectivity index is 2.25. The number of nitrogens with zero attached hydrogens (tertiary/aromatic N) is 1. The van der Waals surface area contributed by atoms with Gasteiger partial charge in [-0.3, -0.25) is 9.69 Å². The molecule has 21 heavy (non-hydrogen) atoms. The highest BCUT2D eigenvalue weighted by Crippen LogP contribution is 2.29. The van der Waals surface area contributed by atoms with Gasteiger partial charge in [-0.05, 0) is 37.5 Å². The summed E-state index contributed by atoms with van der Waals surface area (Å²) in [6.07, 6.45) is 2.66. The summed E-state index contributed by atoms with van der Waals surface area (Å²) in [5.74, 6) is 0.275.